The number of esters is 1. The minimum Gasteiger partial charge on any atom is -0.460 e. The molecule has 0 aliphatic carbocycles. The highest BCUT2D eigenvalue weighted by atomic mass is 16.5. The molecule has 0 bridgehead atoms. The van der Waals surface area contributed by atoms with Crippen molar-refractivity contribution in [1.29, 1.82) is 0 Å². The Labute approximate surface area is 115 Å². The maximum Gasteiger partial charge on any atom is 0.375 e. The Kier molecular flexibility index (Phi) is 3.93. The van der Waals surface area contributed by atoms with Gasteiger partial charge in [0, 0.05) is 18.0 Å². The van der Waals surface area contributed by atoms with E-state index in [4.69, 9.17) is 0 Å². The second-order valence-electron chi connectivity index (χ2n) is 4.29. The molecular formula is C14H14N2O4. The highest BCUT2D eigenvalue weighted by molar-refractivity contribution is 6.38. The zero-order valence-electron chi connectivity index (χ0n) is 11.3. The minimum atomic E-state index is -0.970. The smallest absolute Gasteiger partial charge is 0.375 e. The van der Waals surface area contributed by atoms with Crippen LogP contribution in [0.5, 0.6) is 0 Å². The van der Waals surface area contributed by atoms with Gasteiger partial charge in [0.1, 0.15) is 0 Å². The summed E-state index contributed by atoms with van der Waals surface area (Å²) >= 11 is 0. The molecule has 6 nitrogen and oxygen atoms in total. The molecule has 0 amide bonds. The molecule has 1 aromatic heterocycles. The fourth-order valence-corrected chi connectivity index (χ4v) is 1.85. The van der Waals surface area contributed by atoms with Gasteiger partial charge in [-0.15, -0.1) is 0 Å². The monoisotopic (exact) mass is 274 g/mol. The standard InChI is InChI=1S/C14H14N2O4/c1-3-20-14(19)13(18)7-12(17)9-4-5-10-8-15-16(2)11(10)6-9/h4-6,8H,3,7H2,1-2H3. The van der Waals surface area contributed by atoms with E-state index >= 15 is 0 Å². The van der Waals surface area contributed by atoms with Crippen molar-refractivity contribution in [1.82, 2.24) is 9.78 Å². The molecular weight excluding hydrogens is 260 g/mol. The van der Waals surface area contributed by atoms with Crippen LogP contribution in [0, 0.1) is 0 Å². The molecule has 1 aromatic carbocycles. The van der Waals surface area contributed by atoms with Crippen molar-refractivity contribution in [2.24, 2.45) is 7.05 Å². The summed E-state index contributed by atoms with van der Waals surface area (Å²) < 4.78 is 6.20. The summed E-state index contributed by atoms with van der Waals surface area (Å²) in [6.45, 7) is 1.71. The van der Waals surface area contributed by atoms with Crippen LogP contribution in [0.15, 0.2) is 24.4 Å². The van der Waals surface area contributed by atoms with Crippen LogP contribution in [0.3, 0.4) is 0 Å². The molecule has 0 radical (unpaired) electrons. The molecule has 20 heavy (non-hydrogen) atoms. The number of Topliss-reactive ketones (excluding diaryl/α,β-unsaturated/α-hetero) is 2. The normalized spacial score (nSPS) is 10.5. The number of hydrogen-bond acceptors (Lipinski definition) is 5. The third-order valence-corrected chi connectivity index (χ3v) is 2.90. The van der Waals surface area contributed by atoms with Crippen molar-refractivity contribution >= 4 is 28.4 Å². The molecule has 0 saturated heterocycles. The number of fused-ring (bicyclic) bond motifs is 1. The first-order chi connectivity index (χ1) is 9.52. The van der Waals surface area contributed by atoms with Gasteiger partial charge in [-0.05, 0) is 13.0 Å². The summed E-state index contributed by atoms with van der Waals surface area (Å²) in [5.74, 6) is -2.21. The van der Waals surface area contributed by atoms with Gasteiger partial charge in [-0.3, -0.25) is 14.3 Å². The molecule has 0 N–H and O–H groups in total. The molecule has 0 saturated carbocycles. The summed E-state index contributed by atoms with van der Waals surface area (Å²) in [5.41, 5.74) is 1.16. The van der Waals surface area contributed by atoms with Crippen LogP contribution in [0.1, 0.15) is 23.7 Å². The van der Waals surface area contributed by atoms with E-state index in [1.54, 1.807) is 43.0 Å². The molecule has 6 heteroatoms. The van der Waals surface area contributed by atoms with E-state index in [9.17, 15) is 14.4 Å². The van der Waals surface area contributed by atoms with Crippen molar-refractivity contribution < 1.29 is 19.1 Å². The van der Waals surface area contributed by atoms with E-state index in [1.165, 1.54) is 0 Å². The number of ketones is 2. The molecule has 0 aliphatic rings. The van der Waals surface area contributed by atoms with E-state index < -0.39 is 24.0 Å². The van der Waals surface area contributed by atoms with Gasteiger partial charge in [-0.1, -0.05) is 12.1 Å². The summed E-state index contributed by atoms with van der Waals surface area (Å²) in [6.07, 6.45) is 1.20. The number of aryl methyl sites for hydroxylation is 1. The number of carbonyl (C=O) groups excluding carboxylic acids is 3. The van der Waals surface area contributed by atoms with E-state index in [1.807, 2.05) is 0 Å². The Morgan fingerprint density at radius 2 is 2.05 bits per heavy atom. The maximum atomic E-state index is 12.0. The second-order valence-corrected chi connectivity index (χ2v) is 4.29. The zero-order chi connectivity index (χ0) is 14.7. The first kappa shape index (κ1) is 13.9. The number of benzene rings is 1. The Hall–Kier alpha value is -2.50. The van der Waals surface area contributed by atoms with Crippen LogP contribution in [-0.2, 0) is 21.4 Å². The van der Waals surface area contributed by atoms with Crippen LogP contribution in [0.2, 0.25) is 0 Å². The lowest BCUT2D eigenvalue weighted by molar-refractivity contribution is -0.153. The van der Waals surface area contributed by atoms with E-state index in [2.05, 4.69) is 9.84 Å². The molecule has 2 rings (SSSR count). The van der Waals surface area contributed by atoms with Crippen molar-refractivity contribution in [2.45, 2.75) is 13.3 Å². The van der Waals surface area contributed by atoms with Crippen LogP contribution >= 0.6 is 0 Å². The molecule has 1 heterocycles. The van der Waals surface area contributed by atoms with E-state index in [-0.39, 0.29) is 6.61 Å². The van der Waals surface area contributed by atoms with Crippen LogP contribution in [0.25, 0.3) is 10.9 Å². The molecule has 2 aromatic rings. The third kappa shape index (κ3) is 2.74. The molecule has 0 aliphatic heterocycles. The van der Waals surface area contributed by atoms with Gasteiger partial charge in [-0.25, -0.2) is 4.79 Å². The number of hydrogen-bond donors (Lipinski definition) is 0. The summed E-state index contributed by atoms with van der Waals surface area (Å²) in [4.78, 5) is 34.7. The Bertz CT molecular complexity index is 688. The molecule has 104 valence electrons. The summed E-state index contributed by atoms with van der Waals surface area (Å²) in [6, 6.07) is 5.03. The lowest BCUT2D eigenvalue weighted by atomic mass is 10.0. The van der Waals surface area contributed by atoms with Gasteiger partial charge in [0.05, 0.1) is 24.7 Å². The highest BCUT2D eigenvalue weighted by Gasteiger charge is 2.20. The quantitative estimate of drug-likeness (QED) is 0.355. The number of aromatic nitrogens is 2. The Morgan fingerprint density at radius 1 is 1.30 bits per heavy atom. The van der Waals surface area contributed by atoms with Crippen molar-refractivity contribution in [3.05, 3.63) is 30.0 Å². The highest BCUT2D eigenvalue weighted by Crippen LogP contribution is 2.16. The molecule has 0 atom stereocenters. The lowest BCUT2D eigenvalue weighted by Gasteiger charge is -2.02. The fourth-order valence-electron chi connectivity index (χ4n) is 1.85. The molecule has 0 unspecified atom stereocenters. The summed E-state index contributed by atoms with van der Waals surface area (Å²) in [5, 5.41) is 4.98. The number of nitrogens with zero attached hydrogens (tertiary/aromatic N) is 2. The average molecular weight is 274 g/mol. The van der Waals surface area contributed by atoms with Gasteiger partial charge < -0.3 is 4.74 Å². The van der Waals surface area contributed by atoms with Gasteiger partial charge in [0.25, 0.3) is 0 Å². The number of ether oxygens (including phenoxy) is 1. The maximum absolute atomic E-state index is 12.0. The predicted molar refractivity (Wildman–Crippen MR) is 71.3 cm³/mol. The predicted octanol–water partition coefficient (Wildman–Crippen LogP) is 1.28. The third-order valence-electron chi connectivity index (χ3n) is 2.90. The van der Waals surface area contributed by atoms with Crippen LogP contribution < -0.4 is 0 Å². The van der Waals surface area contributed by atoms with E-state index in [0.29, 0.717) is 5.56 Å². The number of rotatable bonds is 5. The average Bonchev–Trinajstić information content (AvgIpc) is 2.80. The van der Waals surface area contributed by atoms with Crippen LogP contribution in [-0.4, -0.2) is 33.9 Å². The van der Waals surface area contributed by atoms with Gasteiger partial charge in [-0.2, -0.15) is 5.10 Å². The Morgan fingerprint density at radius 3 is 2.75 bits per heavy atom. The SMILES string of the molecule is CCOC(=O)C(=O)CC(=O)c1ccc2cnn(C)c2c1. The van der Waals surface area contributed by atoms with Crippen molar-refractivity contribution in [2.75, 3.05) is 6.61 Å². The van der Waals surface area contributed by atoms with Gasteiger partial charge in [0.15, 0.2) is 5.78 Å². The van der Waals surface area contributed by atoms with Crippen LogP contribution in [0.4, 0.5) is 0 Å². The molecule has 0 spiro atoms. The second kappa shape index (κ2) is 5.64. The van der Waals surface area contributed by atoms with Crippen molar-refractivity contribution in [3.63, 3.8) is 0 Å². The van der Waals surface area contributed by atoms with Gasteiger partial charge >= 0.3 is 5.97 Å². The molecule has 0 fully saturated rings. The summed E-state index contributed by atoms with van der Waals surface area (Å²) in [7, 11) is 1.76. The number of carbonyl (C=O) groups is 3. The minimum absolute atomic E-state index is 0.111. The first-order valence-electron chi connectivity index (χ1n) is 6.18. The lowest BCUT2D eigenvalue weighted by Crippen LogP contribution is -2.20. The largest absolute Gasteiger partial charge is 0.460 e. The Balaban J connectivity index is 2.17. The topological polar surface area (TPSA) is 78.3 Å². The van der Waals surface area contributed by atoms with E-state index in [0.717, 1.165) is 10.9 Å². The van der Waals surface area contributed by atoms with Crippen molar-refractivity contribution in [3.8, 4) is 0 Å². The fraction of sp³-hybridized carbons (Fsp3) is 0.286. The first-order valence-corrected chi connectivity index (χ1v) is 6.18. The van der Waals surface area contributed by atoms with Gasteiger partial charge in [0.2, 0.25) is 5.78 Å². The zero-order valence-corrected chi connectivity index (χ0v) is 11.3.